The summed E-state index contributed by atoms with van der Waals surface area (Å²) in [5.41, 5.74) is 0.624. The van der Waals surface area contributed by atoms with E-state index in [0.29, 0.717) is 25.7 Å². The van der Waals surface area contributed by atoms with E-state index < -0.39 is 29.3 Å². The molecule has 9 atom stereocenters. The van der Waals surface area contributed by atoms with Crippen molar-refractivity contribution in [2.24, 2.45) is 29.1 Å². The van der Waals surface area contributed by atoms with Gasteiger partial charge in [0.05, 0.1) is 23.9 Å². The third-order valence-electron chi connectivity index (χ3n) is 8.49. The van der Waals surface area contributed by atoms with Gasteiger partial charge in [0, 0.05) is 17.3 Å². The summed E-state index contributed by atoms with van der Waals surface area (Å²) >= 11 is 0. The normalized spacial score (nSPS) is 44.3. The number of hydrogen-bond acceptors (Lipinski definition) is 5. The Morgan fingerprint density at radius 1 is 1.27 bits per heavy atom. The van der Waals surface area contributed by atoms with Gasteiger partial charge in [-0.2, -0.15) is 0 Å². The Morgan fingerprint density at radius 3 is 2.70 bits per heavy atom. The zero-order valence-electron chi connectivity index (χ0n) is 18.3. The van der Waals surface area contributed by atoms with Gasteiger partial charge < -0.3 is 20.4 Å². The van der Waals surface area contributed by atoms with Gasteiger partial charge in [-0.25, -0.2) is 0 Å². The summed E-state index contributed by atoms with van der Waals surface area (Å²) in [5, 5.41) is 42.5. The van der Waals surface area contributed by atoms with Crippen molar-refractivity contribution in [1.29, 1.82) is 0 Å². The maximum Gasteiger partial charge on any atom is 0.159 e. The van der Waals surface area contributed by atoms with Crippen molar-refractivity contribution < 1.29 is 25.2 Å². The van der Waals surface area contributed by atoms with Crippen LogP contribution >= 0.6 is 0 Å². The number of allylic oxidation sites excluding steroid dienone is 3. The molecule has 2 saturated carbocycles. The average Bonchev–Trinajstić information content (AvgIpc) is 2.85. The fourth-order valence-corrected chi connectivity index (χ4v) is 6.93. The van der Waals surface area contributed by atoms with Crippen LogP contribution in [0.2, 0.25) is 0 Å². The number of fused-ring (bicyclic) bond motifs is 6. The molecule has 5 heteroatoms. The molecule has 2 fully saturated rings. The monoisotopic (exact) mass is 416 g/mol. The first-order valence-corrected chi connectivity index (χ1v) is 11.4. The second-order valence-corrected chi connectivity index (χ2v) is 10.5. The second-order valence-electron chi connectivity index (χ2n) is 10.5. The van der Waals surface area contributed by atoms with Crippen LogP contribution in [0.5, 0.6) is 0 Å². The minimum atomic E-state index is -1.15. The molecule has 5 nitrogen and oxygen atoms in total. The number of carbonyl (C=O) groups is 1. The van der Waals surface area contributed by atoms with E-state index in [1.54, 1.807) is 26.0 Å². The molecular formula is C25H36O5. The van der Waals surface area contributed by atoms with E-state index >= 15 is 0 Å². The highest BCUT2D eigenvalue weighted by Crippen LogP contribution is 2.63. The molecule has 0 aliphatic heterocycles. The Morgan fingerprint density at radius 2 is 2.00 bits per heavy atom. The number of aliphatic hydroxyl groups is 4. The molecule has 0 unspecified atom stereocenters. The van der Waals surface area contributed by atoms with E-state index in [2.05, 4.69) is 13.0 Å². The summed E-state index contributed by atoms with van der Waals surface area (Å²) < 4.78 is 0. The molecule has 30 heavy (non-hydrogen) atoms. The lowest BCUT2D eigenvalue weighted by Gasteiger charge is -2.51. The third-order valence-corrected chi connectivity index (χ3v) is 8.49. The molecule has 0 aromatic carbocycles. The van der Waals surface area contributed by atoms with Crippen LogP contribution in [0.25, 0.3) is 0 Å². The van der Waals surface area contributed by atoms with Crippen LogP contribution in [0, 0.1) is 29.1 Å². The van der Waals surface area contributed by atoms with Crippen molar-refractivity contribution in [2.75, 3.05) is 0 Å². The van der Waals surface area contributed by atoms with E-state index in [-0.39, 0.29) is 29.5 Å². The first kappa shape index (κ1) is 21.9. The lowest BCUT2D eigenvalue weighted by Crippen LogP contribution is -2.53. The summed E-state index contributed by atoms with van der Waals surface area (Å²) in [6.07, 6.45) is 9.37. The quantitative estimate of drug-likeness (QED) is 0.530. The molecule has 0 amide bonds. The largest absolute Gasteiger partial charge is 0.393 e. The molecule has 4 rings (SSSR count). The number of rotatable bonds is 3. The van der Waals surface area contributed by atoms with Gasteiger partial charge in [0.1, 0.15) is 0 Å². The Hall–Kier alpha value is -1.27. The number of carbonyl (C=O) groups excluding carboxylic acids is 1. The van der Waals surface area contributed by atoms with Gasteiger partial charge >= 0.3 is 0 Å². The van der Waals surface area contributed by atoms with Gasteiger partial charge in [0.25, 0.3) is 0 Å². The first-order valence-electron chi connectivity index (χ1n) is 11.4. The highest BCUT2D eigenvalue weighted by molar-refractivity contribution is 5.93. The molecule has 0 spiro atoms. The topological polar surface area (TPSA) is 98.0 Å². The summed E-state index contributed by atoms with van der Waals surface area (Å²) in [6.45, 7) is 5.48. The number of ketones is 1. The highest BCUT2D eigenvalue weighted by Gasteiger charge is 2.61. The van der Waals surface area contributed by atoms with E-state index in [4.69, 9.17) is 0 Å². The van der Waals surface area contributed by atoms with Crippen LogP contribution in [0.4, 0.5) is 0 Å². The highest BCUT2D eigenvalue weighted by atomic mass is 16.3. The predicted molar refractivity (Wildman–Crippen MR) is 114 cm³/mol. The number of aliphatic hydroxyl groups excluding tert-OH is 3. The van der Waals surface area contributed by atoms with Gasteiger partial charge in [-0.3, -0.25) is 4.79 Å². The number of hydrogen-bond donors (Lipinski definition) is 4. The van der Waals surface area contributed by atoms with Crippen LogP contribution in [0.3, 0.4) is 0 Å². The van der Waals surface area contributed by atoms with Gasteiger partial charge in [-0.15, -0.1) is 0 Å². The van der Waals surface area contributed by atoms with Crippen molar-refractivity contribution in [1.82, 2.24) is 0 Å². The summed E-state index contributed by atoms with van der Waals surface area (Å²) in [6, 6.07) is 0. The van der Waals surface area contributed by atoms with E-state index in [9.17, 15) is 25.2 Å². The van der Waals surface area contributed by atoms with Crippen LogP contribution in [-0.2, 0) is 4.79 Å². The van der Waals surface area contributed by atoms with E-state index in [1.165, 1.54) is 5.57 Å². The van der Waals surface area contributed by atoms with Crippen LogP contribution in [-0.4, -0.2) is 50.1 Å². The summed E-state index contributed by atoms with van der Waals surface area (Å²) in [4.78, 5) is 13.0. The van der Waals surface area contributed by atoms with Crippen LogP contribution in [0.15, 0.2) is 35.5 Å². The zero-order valence-corrected chi connectivity index (χ0v) is 18.3. The Balaban J connectivity index is 1.72. The average molecular weight is 417 g/mol. The van der Waals surface area contributed by atoms with Gasteiger partial charge in [-0.1, -0.05) is 36.3 Å². The lowest BCUT2D eigenvalue weighted by atomic mass is 9.55. The van der Waals surface area contributed by atoms with Crippen molar-refractivity contribution in [3.63, 3.8) is 0 Å². The minimum absolute atomic E-state index is 0.0399. The van der Waals surface area contributed by atoms with Gasteiger partial charge in [-0.05, 0) is 70.3 Å². The summed E-state index contributed by atoms with van der Waals surface area (Å²) in [5.74, 6) is -0.155. The molecule has 4 aliphatic rings. The summed E-state index contributed by atoms with van der Waals surface area (Å²) in [7, 11) is 0. The van der Waals surface area contributed by atoms with Gasteiger partial charge in [0.15, 0.2) is 5.78 Å². The Kier molecular flexibility index (Phi) is 5.63. The maximum atomic E-state index is 13.0. The predicted octanol–water partition coefficient (Wildman–Crippen LogP) is 2.68. The molecule has 166 valence electrons. The molecule has 0 heterocycles. The maximum absolute atomic E-state index is 13.0. The van der Waals surface area contributed by atoms with Crippen LogP contribution in [0.1, 0.15) is 59.3 Å². The van der Waals surface area contributed by atoms with Crippen molar-refractivity contribution >= 4 is 5.78 Å². The van der Waals surface area contributed by atoms with E-state index in [1.807, 2.05) is 6.08 Å². The molecule has 0 aromatic rings. The molecule has 0 saturated heterocycles. The van der Waals surface area contributed by atoms with Crippen LogP contribution < -0.4 is 0 Å². The minimum Gasteiger partial charge on any atom is -0.393 e. The fraction of sp³-hybridized carbons (Fsp3) is 0.720. The van der Waals surface area contributed by atoms with E-state index in [0.717, 1.165) is 18.4 Å². The van der Waals surface area contributed by atoms with Crippen molar-refractivity contribution in [2.45, 2.75) is 83.2 Å². The standard InChI is InChI=1S/C25H36O5/c1-14(26)8-9-24(2,30)22-7-6-20-19-12-21(28)16-10-15(4-5-17(27)11-16)18(19)13-23(29)25(20,22)3/h4,8-9,12,14,16-18,20,22-23,26-27,29-30H,5-7,10-11,13H2,1-3H3/b9-8+/t14-,16-,17+,18-,20+,22-,23-,24+,25+/m1/s1. The van der Waals surface area contributed by atoms with Crippen molar-refractivity contribution in [3.8, 4) is 0 Å². The second kappa shape index (κ2) is 7.70. The SMILES string of the molecule is C[C@@H](O)/C=C/[C@](C)(O)[C@H]1CC[C@H]2C3=CC(=O)[C@@H]4CC(=CC[C@H](O)C4)[C@H]3C[C@@H](O)[C@@]21C. The lowest BCUT2D eigenvalue weighted by molar-refractivity contribution is -0.119. The molecule has 0 radical (unpaired) electrons. The van der Waals surface area contributed by atoms with Gasteiger partial charge in [0.2, 0.25) is 0 Å². The molecule has 0 aromatic heterocycles. The zero-order chi connectivity index (χ0) is 21.8. The molecule has 2 bridgehead atoms. The fourth-order valence-electron chi connectivity index (χ4n) is 6.93. The Bertz CT molecular complexity index is 791. The smallest absolute Gasteiger partial charge is 0.159 e. The molecule has 4 N–H and O–H groups in total. The van der Waals surface area contributed by atoms with Crippen molar-refractivity contribution in [3.05, 3.63) is 35.5 Å². The molecular weight excluding hydrogens is 380 g/mol. The molecule has 4 aliphatic carbocycles. The third kappa shape index (κ3) is 3.54. The first-order chi connectivity index (χ1) is 14.0. The Labute approximate surface area is 179 Å².